The van der Waals surface area contributed by atoms with Crippen molar-refractivity contribution in [2.24, 2.45) is 10.7 Å². The quantitative estimate of drug-likeness (QED) is 0.647. The third kappa shape index (κ3) is 3.80. The lowest BCUT2D eigenvalue weighted by atomic mass is 9.93. The summed E-state index contributed by atoms with van der Waals surface area (Å²) in [6.07, 6.45) is 0. The highest BCUT2D eigenvalue weighted by atomic mass is 79.9. The average molecular weight is 496 g/mol. The standard InChI is InChI=1S/C22H18BrN5O2S/c1-12-18(21(29)27-14-6-4-3-5-7-14)19(13-8-9-16(30-2)15(23)10-13)28-20(25)17(11-24)31-22(28)26-12/h3-10,19H,25H2,1-2H3,(H,27,29)/t19-/m1/s1. The molecular formula is C22H18BrN5O2S. The number of halogens is 1. The highest BCUT2D eigenvalue weighted by Crippen LogP contribution is 2.46. The molecule has 0 spiro atoms. The lowest BCUT2D eigenvalue weighted by Gasteiger charge is -2.35. The number of methoxy groups -OCH3 is 1. The van der Waals surface area contributed by atoms with Crippen LogP contribution in [-0.4, -0.2) is 23.1 Å². The molecule has 2 aromatic rings. The van der Waals surface area contributed by atoms with Crippen molar-refractivity contribution in [2.45, 2.75) is 13.0 Å². The number of ether oxygens (including phenoxy) is 1. The molecule has 156 valence electrons. The Morgan fingerprint density at radius 2 is 2.06 bits per heavy atom. The lowest BCUT2D eigenvalue weighted by molar-refractivity contribution is -0.113. The van der Waals surface area contributed by atoms with Gasteiger partial charge in [0.2, 0.25) is 0 Å². The minimum Gasteiger partial charge on any atom is -0.496 e. The maximum Gasteiger partial charge on any atom is 0.255 e. The number of hydrogen-bond acceptors (Lipinski definition) is 7. The van der Waals surface area contributed by atoms with E-state index in [2.05, 4.69) is 32.3 Å². The van der Waals surface area contributed by atoms with E-state index in [1.807, 2.05) is 48.5 Å². The van der Waals surface area contributed by atoms with Crippen molar-refractivity contribution in [3.8, 4) is 11.8 Å². The molecule has 0 radical (unpaired) electrons. The van der Waals surface area contributed by atoms with Gasteiger partial charge in [-0.25, -0.2) is 4.99 Å². The van der Waals surface area contributed by atoms with E-state index >= 15 is 0 Å². The van der Waals surface area contributed by atoms with E-state index in [1.54, 1.807) is 18.9 Å². The summed E-state index contributed by atoms with van der Waals surface area (Å²) >= 11 is 4.72. The van der Waals surface area contributed by atoms with E-state index in [0.29, 0.717) is 32.8 Å². The zero-order valence-corrected chi connectivity index (χ0v) is 19.1. The van der Waals surface area contributed by atoms with Crippen molar-refractivity contribution in [1.29, 1.82) is 5.26 Å². The molecule has 2 aromatic carbocycles. The number of hydrogen-bond donors (Lipinski definition) is 2. The van der Waals surface area contributed by atoms with Gasteiger partial charge in [-0.05, 0) is 64.4 Å². The van der Waals surface area contributed by atoms with Crippen LogP contribution in [0, 0.1) is 11.3 Å². The Kier molecular flexibility index (Phi) is 5.76. The first-order valence-electron chi connectivity index (χ1n) is 9.30. The van der Waals surface area contributed by atoms with Crippen LogP contribution in [0.3, 0.4) is 0 Å². The van der Waals surface area contributed by atoms with Gasteiger partial charge in [0.05, 0.1) is 28.9 Å². The van der Waals surface area contributed by atoms with Crippen LogP contribution in [0.1, 0.15) is 18.5 Å². The van der Waals surface area contributed by atoms with Crippen molar-refractivity contribution in [3.05, 3.63) is 80.6 Å². The van der Waals surface area contributed by atoms with Gasteiger partial charge in [-0.15, -0.1) is 0 Å². The number of aliphatic imine (C=N–C) groups is 1. The van der Waals surface area contributed by atoms with Crippen molar-refractivity contribution < 1.29 is 9.53 Å². The fourth-order valence-corrected chi connectivity index (χ4v) is 4.99. The monoisotopic (exact) mass is 495 g/mol. The summed E-state index contributed by atoms with van der Waals surface area (Å²) in [6.45, 7) is 1.79. The molecule has 31 heavy (non-hydrogen) atoms. The highest BCUT2D eigenvalue weighted by Gasteiger charge is 2.42. The molecule has 0 aromatic heterocycles. The summed E-state index contributed by atoms with van der Waals surface area (Å²) in [5.74, 6) is 0.661. The van der Waals surface area contributed by atoms with Crippen molar-refractivity contribution in [2.75, 3.05) is 12.4 Å². The molecule has 0 saturated carbocycles. The van der Waals surface area contributed by atoms with Gasteiger partial charge in [0.1, 0.15) is 22.5 Å². The second kappa shape index (κ2) is 8.49. The summed E-state index contributed by atoms with van der Waals surface area (Å²) in [5, 5.41) is 13.0. The molecule has 0 bridgehead atoms. The van der Waals surface area contributed by atoms with Crippen LogP contribution in [0.2, 0.25) is 0 Å². The first-order chi connectivity index (χ1) is 14.9. The van der Waals surface area contributed by atoms with E-state index in [4.69, 9.17) is 10.5 Å². The smallest absolute Gasteiger partial charge is 0.255 e. The average Bonchev–Trinajstić information content (AvgIpc) is 3.08. The summed E-state index contributed by atoms with van der Waals surface area (Å²) < 4.78 is 6.09. The van der Waals surface area contributed by atoms with Gasteiger partial charge in [-0.3, -0.25) is 9.69 Å². The summed E-state index contributed by atoms with van der Waals surface area (Å²) in [7, 11) is 1.59. The minimum atomic E-state index is -0.559. The van der Waals surface area contributed by atoms with Crippen LogP contribution < -0.4 is 15.8 Å². The zero-order valence-electron chi connectivity index (χ0n) is 16.7. The van der Waals surface area contributed by atoms with E-state index in [-0.39, 0.29) is 11.7 Å². The molecule has 9 heteroatoms. The van der Waals surface area contributed by atoms with Gasteiger partial charge in [0.15, 0.2) is 5.17 Å². The maximum absolute atomic E-state index is 13.4. The van der Waals surface area contributed by atoms with Crippen molar-refractivity contribution >= 4 is 44.5 Å². The van der Waals surface area contributed by atoms with Gasteiger partial charge in [0.25, 0.3) is 5.91 Å². The molecule has 2 heterocycles. The number of para-hydroxylation sites is 1. The van der Waals surface area contributed by atoms with Crippen LogP contribution in [0.4, 0.5) is 5.69 Å². The fraction of sp³-hybridized carbons (Fsp3) is 0.136. The molecule has 3 N–H and O–H groups in total. The highest BCUT2D eigenvalue weighted by molar-refractivity contribution is 9.10. The van der Waals surface area contributed by atoms with Gasteiger partial charge in [0, 0.05) is 5.69 Å². The third-order valence-electron chi connectivity index (χ3n) is 4.95. The Bertz CT molecular complexity index is 1200. The van der Waals surface area contributed by atoms with Crippen LogP contribution in [0.25, 0.3) is 0 Å². The molecule has 7 nitrogen and oxygen atoms in total. The predicted octanol–water partition coefficient (Wildman–Crippen LogP) is 4.48. The summed E-state index contributed by atoms with van der Waals surface area (Å²) in [6, 6.07) is 16.4. The van der Waals surface area contributed by atoms with Crippen LogP contribution in [0.15, 0.2) is 80.0 Å². The number of amidine groups is 1. The second-order valence-electron chi connectivity index (χ2n) is 6.81. The number of rotatable bonds is 4. The molecule has 1 amide bonds. The van der Waals surface area contributed by atoms with Crippen molar-refractivity contribution in [3.63, 3.8) is 0 Å². The number of nitrogens with zero attached hydrogens (tertiary/aromatic N) is 3. The molecule has 2 aliphatic rings. The summed E-state index contributed by atoms with van der Waals surface area (Å²) in [5.41, 5.74) is 8.82. The number of benzene rings is 2. The summed E-state index contributed by atoms with van der Waals surface area (Å²) in [4.78, 5) is 20.1. The lowest BCUT2D eigenvalue weighted by Crippen LogP contribution is -2.39. The van der Waals surface area contributed by atoms with Gasteiger partial charge >= 0.3 is 0 Å². The predicted molar refractivity (Wildman–Crippen MR) is 125 cm³/mol. The van der Waals surface area contributed by atoms with Crippen LogP contribution >= 0.6 is 27.7 Å². The second-order valence-corrected chi connectivity index (χ2v) is 8.64. The topological polar surface area (TPSA) is 104 Å². The zero-order chi connectivity index (χ0) is 22.1. The first kappa shape index (κ1) is 21.0. The van der Waals surface area contributed by atoms with E-state index in [1.165, 1.54) is 11.8 Å². The van der Waals surface area contributed by atoms with E-state index < -0.39 is 6.04 Å². The Morgan fingerprint density at radius 3 is 2.71 bits per heavy atom. The normalized spacial score (nSPS) is 17.8. The largest absolute Gasteiger partial charge is 0.496 e. The fourth-order valence-electron chi connectivity index (χ4n) is 3.52. The third-order valence-corrected chi connectivity index (χ3v) is 6.54. The minimum absolute atomic E-state index is 0.278. The Hall–Kier alpha value is -3.22. The van der Waals surface area contributed by atoms with Gasteiger partial charge in [-0.1, -0.05) is 24.3 Å². The number of carbonyl (C=O) groups excluding carboxylic acids is 1. The van der Waals surface area contributed by atoms with E-state index in [9.17, 15) is 10.1 Å². The number of nitrogens with two attached hydrogens (primary N) is 1. The number of fused-ring (bicyclic) bond motifs is 1. The number of thioether (sulfide) groups is 1. The van der Waals surface area contributed by atoms with Gasteiger partial charge in [-0.2, -0.15) is 5.26 Å². The number of anilines is 1. The molecule has 0 fully saturated rings. The number of amides is 1. The Morgan fingerprint density at radius 1 is 1.32 bits per heavy atom. The maximum atomic E-state index is 13.4. The van der Waals surface area contributed by atoms with Crippen LogP contribution in [0.5, 0.6) is 5.75 Å². The number of nitrogens with one attached hydrogen (secondary N) is 1. The SMILES string of the molecule is COc1ccc([C@@H]2C(C(=O)Nc3ccccc3)=C(C)N=C3SC(C#N)=C(N)N32)cc1Br. The van der Waals surface area contributed by atoms with E-state index in [0.717, 1.165) is 10.0 Å². The Labute approximate surface area is 192 Å². The number of carbonyl (C=O) groups is 1. The molecule has 4 rings (SSSR count). The molecule has 2 aliphatic heterocycles. The molecule has 0 unspecified atom stereocenters. The van der Waals surface area contributed by atoms with Crippen LogP contribution in [-0.2, 0) is 4.79 Å². The molecule has 0 aliphatic carbocycles. The molecule has 1 atom stereocenters. The number of nitriles is 1. The van der Waals surface area contributed by atoms with Crippen molar-refractivity contribution in [1.82, 2.24) is 4.90 Å². The molecule has 0 saturated heterocycles. The van der Waals surface area contributed by atoms with Gasteiger partial charge < -0.3 is 15.8 Å². The first-order valence-corrected chi connectivity index (χ1v) is 10.9. The number of allylic oxidation sites excluding steroid dienone is 2. The Balaban J connectivity index is 1.84. The molecular weight excluding hydrogens is 478 g/mol.